The molecule has 0 aliphatic carbocycles. The van der Waals surface area contributed by atoms with Crippen molar-refractivity contribution in [2.24, 2.45) is 0 Å². The highest BCUT2D eigenvalue weighted by Crippen LogP contribution is 2.33. The van der Waals surface area contributed by atoms with Crippen LogP contribution >= 0.6 is 0 Å². The summed E-state index contributed by atoms with van der Waals surface area (Å²) in [5, 5.41) is 120. The smallest absolute Gasteiger partial charge is 0.220 e. The minimum Gasteiger partial charge on any atom is -0.394 e. The molecule has 0 bridgehead atoms. The number of hydrogen-bond acceptors (Lipinski definition) is 18. The van der Waals surface area contributed by atoms with Crippen LogP contribution in [0.5, 0.6) is 0 Å². The minimum absolute atomic E-state index is 0.205. The van der Waals surface area contributed by atoms with Gasteiger partial charge in [-0.05, 0) is 109 Å². The zero-order valence-corrected chi connectivity index (χ0v) is 53.8. The monoisotopic (exact) mass is 1270 g/mol. The van der Waals surface area contributed by atoms with E-state index in [2.05, 4.69) is 141 Å². The summed E-state index contributed by atoms with van der Waals surface area (Å²) in [6.07, 6.45) is 44.3. The number of ether oxygens (including phenoxy) is 6. The lowest BCUT2D eigenvalue weighted by Gasteiger charge is -2.48. The summed E-state index contributed by atoms with van der Waals surface area (Å²) in [5.74, 6) is -0.312. The van der Waals surface area contributed by atoms with Gasteiger partial charge in [0.1, 0.15) is 73.2 Å². The summed E-state index contributed by atoms with van der Waals surface area (Å²) in [4.78, 5) is 13.4. The van der Waals surface area contributed by atoms with Crippen LogP contribution in [-0.2, 0) is 33.2 Å². The van der Waals surface area contributed by atoms with Gasteiger partial charge in [0.05, 0.1) is 38.6 Å². The van der Waals surface area contributed by atoms with E-state index >= 15 is 0 Å². The third kappa shape index (κ3) is 33.2. The average Bonchev–Trinajstić information content (AvgIpc) is 0.908. The topological polar surface area (TPSA) is 307 Å². The highest BCUT2D eigenvalue weighted by Gasteiger charge is 2.53. The number of nitrogens with one attached hydrogen (secondary N) is 1. The van der Waals surface area contributed by atoms with Crippen molar-refractivity contribution < 1.29 is 89.4 Å². The Morgan fingerprint density at radius 1 is 0.411 bits per heavy atom. The second-order valence-electron chi connectivity index (χ2n) is 23.2. The first kappa shape index (κ1) is 80.2. The van der Waals surface area contributed by atoms with Gasteiger partial charge in [-0.2, -0.15) is 0 Å². The normalized spacial score (nSPS) is 28.9. The Morgan fingerprint density at radius 2 is 0.778 bits per heavy atom. The molecule has 512 valence electrons. The summed E-state index contributed by atoms with van der Waals surface area (Å²) >= 11 is 0. The molecule has 17 unspecified atom stereocenters. The lowest BCUT2D eigenvalue weighted by molar-refractivity contribution is -0.379. The van der Waals surface area contributed by atoms with E-state index < -0.39 is 124 Å². The van der Waals surface area contributed by atoms with Crippen LogP contribution in [0.25, 0.3) is 0 Å². The maximum absolute atomic E-state index is 13.4. The van der Waals surface area contributed by atoms with E-state index in [0.29, 0.717) is 12.8 Å². The highest BCUT2D eigenvalue weighted by atomic mass is 16.8. The Bertz CT molecular complexity index is 2150. The molecular weight excluding hydrogens is 1150 g/mol. The summed E-state index contributed by atoms with van der Waals surface area (Å²) in [6.45, 7) is 1.51. The summed E-state index contributed by atoms with van der Waals surface area (Å²) in [5.41, 5.74) is 0. The number of aliphatic hydroxyl groups is 11. The molecule has 3 aliphatic heterocycles. The number of carbonyl (C=O) groups excluding carboxylic acids is 1. The molecule has 3 saturated heterocycles. The third-order valence-corrected chi connectivity index (χ3v) is 15.7. The first-order valence-corrected chi connectivity index (χ1v) is 33.4. The number of amides is 1. The molecule has 3 aliphatic rings. The zero-order chi connectivity index (χ0) is 65.4. The van der Waals surface area contributed by atoms with Crippen LogP contribution in [0.15, 0.2) is 134 Å². The molecule has 0 aromatic heterocycles. The fraction of sp³-hybridized carbons (Fsp3) is 0.676. The molecule has 1 amide bonds. The second-order valence-corrected chi connectivity index (χ2v) is 23.2. The highest BCUT2D eigenvalue weighted by molar-refractivity contribution is 5.76. The number of carbonyl (C=O) groups is 1. The average molecular weight is 1270 g/mol. The molecule has 3 heterocycles. The number of aliphatic hydroxyl groups excluding tert-OH is 11. The van der Waals surface area contributed by atoms with Crippen molar-refractivity contribution in [2.45, 2.75) is 279 Å². The molecule has 0 saturated carbocycles. The lowest BCUT2D eigenvalue weighted by Crippen LogP contribution is -2.66. The Labute approximate surface area is 537 Å². The summed E-state index contributed by atoms with van der Waals surface area (Å²) < 4.78 is 34.2. The van der Waals surface area contributed by atoms with E-state index in [1.807, 2.05) is 6.08 Å². The fourth-order valence-corrected chi connectivity index (χ4v) is 10.2. The van der Waals surface area contributed by atoms with Crippen molar-refractivity contribution in [2.75, 3.05) is 26.4 Å². The van der Waals surface area contributed by atoms with Crippen molar-refractivity contribution >= 4 is 5.91 Å². The Morgan fingerprint density at radius 3 is 1.24 bits per heavy atom. The molecule has 0 aromatic carbocycles. The van der Waals surface area contributed by atoms with Crippen LogP contribution in [0.1, 0.15) is 174 Å². The number of hydrogen-bond donors (Lipinski definition) is 12. The lowest BCUT2D eigenvalue weighted by atomic mass is 9.96. The van der Waals surface area contributed by atoms with Gasteiger partial charge in [0.15, 0.2) is 18.9 Å². The summed E-state index contributed by atoms with van der Waals surface area (Å²) in [6, 6.07) is -1.01. The maximum Gasteiger partial charge on any atom is 0.220 e. The molecule has 12 N–H and O–H groups in total. The number of allylic oxidation sites excluding steroid dienone is 21. The standard InChI is InChI=1S/C71H115NO18/c1-3-5-7-9-11-13-15-17-19-20-21-22-23-24-25-26-27-28-29-30-31-32-33-34-35-37-39-41-43-45-47-49-59(77)72-54(55(76)48-46-44-42-40-38-36-18-16-14-12-10-8-6-4-2)53-85-69-65(83)62(80)67(57(51-74)87-69)90-71-66(84)63(81)68(58(52-75)88-71)89-70-64(82)61(79)60(78)56(50-73)86-70/h5,7,11,13-14,16-17,19,21-22,24-25,27-28,30-31,33-34,38,40,46,48,54-58,60-71,73-76,78-84H,3-4,6,8-10,12,15,18,20,23,26,29,32,35-37,39,41-45,47,49-53H2,1-2H3,(H,72,77)/b7-5-,13-11-,16-14+,19-17-,22-21-,25-24-,28-27-,31-30-,34-33-,40-38+,48-46+. The minimum atomic E-state index is -1.99. The summed E-state index contributed by atoms with van der Waals surface area (Å²) in [7, 11) is 0. The SMILES string of the molecule is CC/C=C\C/C=C\C/C=C\C/C=C\C/C=C\C/C=C\C/C=C\C/C=C\CCCCCCCCC(=O)NC(COC1OC(CO)C(OC2OC(CO)C(OC3OC(CO)C(O)C(O)C3O)C(O)C2O)C(O)C1O)C(O)/C=C/CC/C=C/CC/C=C/CCCCCC. The van der Waals surface area contributed by atoms with Crippen LogP contribution in [0.4, 0.5) is 0 Å². The van der Waals surface area contributed by atoms with Crippen molar-refractivity contribution in [1.29, 1.82) is 0 Å². The van der Waals surface area contributed by atoms with Crippen molar-refractivity contribution in [3.05, 3.63) is 134 Å². The van der Waals surface area contributed by atoms with Gasteiger partial charge in [0.25, 0.3) is 0 Å². The first-order chi connectivity index (χ1) is 43.8. The van der Waals surface area contributed by atoms with Crippen LogP contribution in [-0.4, -0.2) is 193 Å². The van der Waals surface area contributed by atoms with Gasteiger partial charge in [-0.25, -0.2) is 0 Å². The van der Waals surface area contributed by atoms with Gasteiger partial charge < -0.3 is 89.9 Å². The van der Waals surface area contributed by atoms with E-state index in [1.165, 1.54) is 25.7 Å². The molecule has 0 radical (unpaired) electrons. The fourth-order valence-electron chi connectivity index (χ4n) is 10.2. The molecule has 0 aromatic rings. The van der Waals surface area contributed by atoms with Gasteiger partial charge in [-0.15, -0.1) is 0 Å². The van der Waals surface area contributed by atoms with Gasteiger partial charge in [-0.1, -0.05) is 192 Å². The zero-order valence-electron chi connectivity index (χ0n) is 53.8. The van der Waals surface area contributed by atoms with Gasteiger partial charge >= 0.3 is 0 Å². The van der Waals surface area contributed by atoms with Crippen molar-refractivity contribution in [3.8, 4) is 0 Å². The van der Waals surface area contributed by atoms with Gasteiger partial charge in [0, 0.05) is 6.42 Å². The van der Waals surface area contributed by atoms with E-state index in [1.54, 1.807) is 6.08 Å². The maximum atomic E-state index is 13.4. The predicted molar refractivity (Wildman–Crippen MR) is 350 cm³/mol. The third-order valence-electron chi connectivity index (χ3n) is 15.7. The van der Waals surface area contributed by atoms with E-state index in [-0.39, 0.29) is 18.9 Å². The van der Waals surface area contributed by atoms with Crippen molar-refractivity contribution in [3.63, 3.8) is 0 Å². The van der Waals surface area contributed by atoms with Crippen molar-refractivity contribution in [1.82, 2.24) is 5.32 Å². The molecule has 0 spiro atoms. The van der Waals surface area contributed by atoms with Gasteiger partial charge in [-0.3, -0.25) is 4.79 Å². The molecule has 3 rings (SSSR count). The molecule has 3 fully saturated rings. The largest absolute Gasteiger partial charge is 0.394 e. The number of unbranched alkanes of at least 4 members (excludes halogenated alkanes) is 12. The second kappa shape index (κ2) is 51.4. The van der Waals surface area contributed by atoms with E-state index in [9.17, 15) is 61.0 Å². The predicted octanol–water partition coefficient (Wildman–Crippen LogP) is 8.21. The Balaban J connectivity index is 1.43. The van der Waals surface area contributed by atoms with E-state index in [4.69, 9.17) is 28.4 Å². The van der Waals surface area contributed by atoms with E-state index in [0.717, 1.165) is 116 Å². The molecule has 90 heavy (non-hydrogen) atoms. The molecular formula is C71H115NO18. The molecule has 17 atom stereocenters. The quantitative estimate of drug-likeness (QED) is 0.0202. The van der Waals surface area contributed by atoms with Crippen LogP contribution in [0, 0.1) is 0 Å². The van der Waals surface area contributed by atoms with Crippen LogP contribution < -0.4 is 5.32 Å². The molecule has 19 nitrogen and oxygen atoms in total. The molecule has 19 heteroatoms. The Hall–Kier alpha value is -4.07. The number of rotatable bonds is 48. The van der Waals surface area contributed by atoms with Crippen LogP contribution in [0.2, 0.25) is 0 Å². The first-order valence-electron chi connectivity index (χ1n) is 33.4. The Kier molecular flexibility index (Phi) is 45.7. The van der Waals surface area contributed by atoms with Gasteiger partial charge in [0.2, 0.25) is 5.91 Å². The van der Waals surface area contributed by atoms with Crippen LogP contribution in [0.3, 0.4) is 0 Å².